The van der Waals surface area contributed by atoms with Crippen molar-refractivity contribution in [1.82, 2.24) is 4.98 Å². The number of amides is 1. The highest BCUT2D eigenvalue weighted by Crippen LogP contribution is 2.36. The quantitative estimate of drug-likeness (QED) is 0.244. The van der Waals surface area contributed by atoms with E-state index in [9.17, 15) is 9.59 Å². The number of para-hydroxylation sites is 1. The van der Waals surface area contributed by atoms with E-state index < -0.39 is 5.97 Å². The number of nitrogens with zero attached hydrogens (tertiary/aromatic N) is 1. The summed E-state index contributed by atoms with van der Waals surface area (Å²) in [5.74, 6) is -0.454. The minimum Gasteiger partial charge on any atom is -0.462 e. The Labute approximate surface area is 201 Å². The molecule has 0 fully saturated rings. The monoisotopic (exact) mass is 476 g/mol. The van der Waals surface area contributed by atoms with Gasteiger partial charge in [0.15, 0.2) is 0 Å². The lowest BCUT2D eigenvalue weighted by molar-refractivity contribution is -0.113. The van der Waals surface area contributed by atoms with Crippen molar-refractivity contribution in [2.45, 2.75) is 25.8 Å². The second kappa shape index (κ2) is 10.2. The van der Waals surface area contributed by atoms with Crippen LogP contribution < -0.4 is 5.32 Å². The van der Waals surface area contributed by atoms with E-state index in [2.05, 4.69) is 10.3 Å². The van der Waals surface area contributed by atoms with Gasteiger partial charge in [-0.25, -0.2) is 9.78 Å². The van der Waals surface area contributed by atoms with E-state index in [1.54, 1.807) is 6.92 Å². The summed E-state index contributed by atoms with van der Waals surface area (Å²) in [4.78, 5) is 30.1. The summed E-state index contributed by atoms with van der Waals surface area (Å²) in [6.45, 7) is 6.08. The first kappa shape index (κ1) is 23.0. The van der Waals surface area contributed by atoms with Gasteiger partial charge in [-0.3, -0.25) is 4.79 Å². The molecule has 168 valence electrons. The molecule has 5 nitrogen and oxygen atoms in total. The van der Waals surface area contributed by atoms with Gasteiger partial charge in [0.2, 0.25) is 5.91 Å². The third-order valence-corrected chi connectivity index (χ3v) is 6.94. The van der Waals surface area contributed by atoms with Crippen LogP contribution in [0.2, 0.25) is 0 Å². The predicted octanol–water partition coefficient (Wildman–Crippen LogP) is 6.49. The number of rotatable bonds is 7. The Kier molecular flexibility index (Phi) is 7.11. The third-order valence-electron chi connectivity index (χ3n) is 5.14. The molecule has 33 heavy (non-hydrogen) atoms. The van der Waals surface area contributed by atoms with Crippen molar-refractivity contribution in [2.24, 2.45) is 0 Å². The van der Waals surface area contributed by atoms with Crippen LogP contribution in [0.3, 0.4) is 0 Å². The average molecular weight is 477 g/mol. The molecule has 2 heterocycles. The van der Waals surface area contributed by atoms with Crippen LogP contribution >= 0.6 is 23.1 Å². The lowest BCUT2D eigenvalue weighted by Gasteiger charge is -2.09. The number of hydrogen-bond acceptors (Lipinski definition) is 6. The third kappa shape index (κ3) is 5.26. The largest absolute Gasteiger partial charge is 0.462 e. The number of anilines is 1. The van der Waals surface area contributed by atoms with E-state index in [1.807, 2.05) is 73.8 Å². The van der Waals surface area contributed by atoms with E-state index in [4.69, 9.17) is 4.74 Å². The predicted molar refractivity (Wildman–Crippen MR) is 136 cm³/mol. The van der Waals surface area contributed by atoms with Gasteiger partial charge in [-0.2, -0.15) is 0 Å². The molecule has 0 spiro atoms. The number of thiophene rings is 1. The number of aromatic nitrogens is 1. The number of thioether (sulfide) groups is 1. The summed E-state index contributed by atoms with van der Waals surface area (Å²) in [5.41, 5.74) is 5.22. The normalized spacial score (nSPS) is 10.9. The molecule has 2 aromatic heterocycles. The number of hydrogen-bond donors (Lipinski definition) is 1. The number of carbonyl (C=O) groups excluding carboxylic acids is 2. The Morgan fingerprint density at radius 3 is 2.61 bits per heavy atom. The highest BCUT2D eigenvalue weighted by Gasteiger charge is 2.23. The maximum absolute atomic E-state index is 12.8. The van der Waals surface area contributed by atoms with Crippen molar-refractivity contribution in [3.8, 4) is 11.1 Å². The average Bonchev–Trinajstić information content (AvgIpc) is 3.22. The van der Waals surface area contributed by atoms with Crippen molar-refractivity contribution in [3.63, 3.8) is 0 Å². The molecule has 4 aromatic rings. The molecule has 0 bridgehead atoms. The number of ether oxygens (including phenoxy) is 1. The van der Waals surface area contributed by atoms with Crippen LogP contribution in [-0.2, 0) is 9.53 Å². The zero-order chi connectivity index (χ0) is 23.4. The fraction of sp³-hybridized carbons (Fsp3) is 0.192. The number of nitrogens with one attached hydrogen (secondary N) is 1. The molecule has 4 rings (SSSR count). The first-order chi connectivity index (χ1) is 16.0. The smallest absolute Gasteiger partial charge is 0.341 e. The number of aryl methyl sites for hydroxylation is 2. The summed E-state index contributed by atoms with van der Waals surface area (Å²) in [6.07, 6.45) is 0. The zero-order valence-corrected chi connectivity index (χ0v) is 20.3. The number of fused-ring (bicyclic) bond motifs is 1. The lowest BCUT2D eigenvalue weighted by atomic mass is 10.0. The molecular formula is C26H24N2O3S2. The highest BCUT2D eigenvalue weighted by atomic mass is 32.2. The van der Waals surface area contributed by atoms with E-state index in [0.29, 0.717) is 10.6 Å². The minimum atomic E-state index is -0.441. The summed E-state index contributed by atoms with van der Waals surface area (Å²) in [5, 5.41) is 7.18. The second-order valence-corrected chi connectivity index (χ2v) is 9.45. The van der Waals surface area contributed by atoms with E-state index in [0.717, 1.165) is 38.2 Å². The van der Waals surface area contributed by atoms with Gasteiger partial charge in [0.05, 0.1) is 22.9 Å². The van der Waals surface area contributed by atoms with Crippen LogP contribution in [0.1, 0.15) is 28.4 Å². The number of carbonyl (C=O) groups is 2. The minimum absolute atomic E-state index is 0.185. The van der Waals surface area contributed by atoms with Gasteiger partial charge in [-0.15, -0.1) is 11.3 Å². The Balaban J connectivity index is 1.53. The van der Waals surface area contributed by atoms with Crippen molar-refractivity contribution < 1.29 is 14.3 Å². The molecule has 0 unspecified atom stereocenters. The van der Waals surface area contributed by atoms with Crippen LogP contribution in [0.25, 0.3) is 22.0 Å². The molecular weight excluding hydrogens is 452 g/mol. The summed E-state index contributed by atoms with van der Waals surface area (Å²) in [7, 11) is 0. The first-order valence-electron chi connectivity index (χ1n) is 10.6. The van der Waals surface area contributed by atoms with Gasteiger partial charge in [-0.1, -0.05) is 59.8 Å². The topological polar surface area (TPSA) is 68.3 Å². The summed E-state index contributed by atoms with van der Waals surface area (Å²) < 4.78 is 5.28. The van der Waals surface area contributed by atoms with E-state index >= 15 is 0 Å². The Morgan fingerprint density at radius 1 is 1.09 bits per heavy atom. The van der Waals surface area contributed by atoms with Crippen LogP contribution in [0.4, 0.5) is 5.00 Å². The molecule has 0 aliphatic rings. The van der Waals surface area contributed by atoms with Gasteiger partial charge in [-0.05, 0) is 44.0 Å². The molecule has 0 saturated carbocycles. The van der Waals surface area contributed by atoms with Crippen molar-refractivity contribution >= 4 is 50.9 Å². The molecule has 1 N–H and O–H groups in total. The molecule has 0 aliphatic carbocycles. The molecule has 0 atom stereocenters. The SMILES string of the molecule is CCOC(=O)c1c(-c2ccc(C)cc2)csc1NC(=O)CSc1cc(C)c2ccccc2n1. The Morgan fingerprint density at radius 2 is 1.85 bits per heavy atom. The Bertz CT molecular complexity index is 1310. The van der Waals surface area contributed by atoms with Gasteiger partial charge in [0.1, 0.15) is 10.6 Å². The van der Waals surface area contributed by atoms with Crippen LogP contribution in [0, 0.1) is 13.8 Å². The first-order valence-corrected chi connectivity index (χ1v) is 12.5. The van der Waals surface area contributed by atoms with E-state index in [1.165, 1.54) is 23.1 Å². The molecule has 7 heteroatoms. The molecule has 2 aromatic carbocycles. The van der Waals surface area contributed by atoms with Gasteiger partial charge < -0.3 is 10.1 Å². The standard InChI is InChI=1S/C26H24N2O3S2/c1-4-31-26(30)24-20(18-11-9-16(2)10-12-18)14-33-25(24)28-22(29)15-32-23-13-17(3)19-7-5-6-8-21(19)27-23/h5-14H,4,15H2,1-3H3,(H,28,29). The van der Waals surface area contributed by atoms with Crippen LogP contribution in [0.15, 0.2) is 65.0 Å². The Hall–Kier alpha value is -3.16. The molecule has 0 radical (unpaired) electrons. The zero-order valence-electron chi connectivity index (χ0n) is 18.7. The fourth-order valence-corrected chi connectivity index (χ4v) is 5.24. The maximum Gasteiger partial charge on any atom is 0.341 e. The second-order valence-electron chi connectivity index (χ2n) is 7.57. The van der Waals surface area contributed by atoms with Crippen molar-refractivity contribution in [2.75, 3.05) is 17.7 Å². The highest BCUT2D eigenvalue weighted by molar-refractivity contribution is 7.99. The summed E-state index contributed by atoms with van der Waals surface area (Å²) in [6, 6.07) is 17.9. The fourth-order valence-electron chi connectivity index (χ4n) is 3.50. The van der Waals surface area contributed by atoms with Crippen molar-refractivity contribution in [1.29, 1.82) is 0 Å². The van der Waals surface area contributed by atoms with Gasteiger partial charge >= 0.3 is 5.97 Å². The van der Waals surface area contributed by atoms with Gasteiger partial charge in [0.25, 0.3) is 0 Å². The molecule has 0 aliphatic heterocycles. The summed E-state index contributed by atoms with van der Waals surface area (Å²) >= 11 is 2.70. The van der Waals surface area contributed by atoms with Crippen LogP contribution in [0.5, 0.6) is 0 Å². The lowest BCUT2D eigenvalue weighted by Crippen LogP contribution is -2.16. The van der Waals surface area contributed by atoms with Crippen LogP contribution in [-0.4, -0.2) is 29.2 Å². The van der Waals surface area contributed by atoms with E-state index in [-0.39, 0.29) is 18.3 Å². The molecule has 1 amide bonds. The number of benzene rings is 2. The number of pyridine rings is 1. The molecule has 0 saturated heterocycles. The maximum atomic E-state index is 12.8. The number of esters is 1. The van der Waals surface area contributed by atoms with Gasteiger partial charge in [0, 0.05) is 16.3 Å². The van der Waals surface area contributed by atoms with Crippen molar-refractivity contribution in [3.05, 3.63) is 76.7 Å².